The Hall–Kier alpha value is -1.38. The lowest BCUT2D eigenvalue weighted by molar-refractivity contribution is -0.395. The van der Waals surface area contributed by atoms with Gasteiger partial charge in [-0.05, 0) is 6.07 Å². The Kier molecular flexibility index (Phi) is 2.60. The molecule has 11 heavy (non-hydrogen) atoms. The highest BCUT2D eigenvalue weighted by molar-refractivity contribution is 5.65. The van der Waals surface area contributed by atoms with Crippen LogP contribution in [0.5, 0.6) is 0 Å². The normalized spacial score (nSPS) is 9.18. The van der Waals surface area contributed by atoms with Crippen molar-refractivity contribution in [1.29, 1.82) is 0 Å². The van der Waals surface area contributed by atoms with Crippen LogP contribution >= 0.6 is 0 Å². The van der Waals surface area contributed by atoms with E-state index >= 15 is 0 Å². The Morgan fingerprint density at radius 2 is 2.45 bits per heavy atom. The standard InChI is InChI=1S/C8H9NO2/c1-7(10)11-6-8-4-2-3-5-9-8/h2-5H,6H2,1H3/p+1. The smallest absolute Gasteiger partial charge is 0.303 e. The van der Waals surface area contributed by atoms with Crippen molar-refractivity contribution < 1.29 is 14.5 Å². The monoisotopic (exact) mass is 152 g/mol. The summed E-state index contributed by atoms with van der Waals surface area (Å²) >= 11 is 0. The summed E-state index contributed by atoms with van der Waals surface area (Å²) in [5.41, 5.74) is 0.891. The molecule has 0 bridgehead atoms. The van der Waals surface area contributed by atoms with E-state index in [-0.39, 0.29) is 5.97 Å². The van der Waals surface area contributed by atoms with Gasteiger partial charge in [-0.25, -0.2) is 4.98 Å². The van der Waals surface area contributed by atoms with E-state index < -0.39 is 0 Å². The van der Waals surface area contributed by atoms with E-state index in [2.05, 4.69) is 4.98 Å². The summed E-state index contributed by atoms with van der Waals surface area (Å²) in [5.74, 6) is -0.262. The SMILES string of the molecule is CC(=O)OCc1cccc[nH+]1. The molecule has 1 aromatic heterocycles. The number of carbonyl (C=O) groups is 1. The molecule has 0 amide bonds. The van der Waals surface area contributed by atoms with Gasteiger partial charge in [-0.15, -0.1) is 0 Å². The molecular weight excluding hydrogens is 142 g/mol. The summed E-state index contributed by atoms with van der Waals surface area (Å²) in [7, 11) is 0. The summed E-state index contributed by atoms with van der Waals surface area (Å²) in [5, 5.41) is 0. The molecule has 3 heteroatoms. The van der Waals surface area contributed by atoms with Crippen LogP contribution in [0.25, 0.3) is 0 Å². The van der Waals surface area contributed by atoms with Crippen molar-refractivity contribution in [2.75, 3.05) is 0 Å². The number of aromatic amines is 1. The lowest BCUT2D eigenvalue weighted by atomic mass is 10.4. The molecule has 0 fully saturated rings. The second-order valence-corrected chi connectivity index (χ2v) is 2.17. The van der Waals surface area contributed by atoms with Crippen LogP contribution in [-0.2, 0) is 16.1 Å². The number of esters is 1. The van der Waals surface area contributed by atoms with Crippen LogP contribution in [0.1, 0.15) is 12.6 Å². The second-order valence-electron chi connectivity index (χ2n) is 2.17. The Labute approximate surface area is 65.0 Å². The largest absolute Gasteiger partial charge is 0.455 e. The van der Waals surface area contributed by atoms with Crippen molar-refractivity contribution in [3.63, 3.8) is 0 Å². The van der Waals surface area contributed by atoms with Crippen molar-refractivity contribution in [2.24, 2.45) is 0 Å². The lowest BCUT2D eigenvalue weighted by Crippen LogP contribution is -2.11. The Balaban J connectivity index is 2.45. The van der Waals surface area contributed by atoms with Gasteiger partial charge in [-0.2, -0.15) is 0 Å². The maximum absolute atomic E-state index is 10.4. The van der Waals surface area contributed by atoms with Gasteiger partial charge in [0.15, 0.2) is 12.8 Å². The highest BCUT2D eigenvalue weighted by Gasteiger charge is 1.99. The number of H-pyrrole nitrogens is 1. The van der Waals surface area contributed by atoms with Gasteiger partial charge in [0.1, 0.15) is 0 Å². The van der Waals surface area contributed by atoms with Crippen LogP contribution < -0.4 is 4.98 Å². The van der Waals surface area contributed by atoms with Crippen LogP contribution in [0.15, 0.2) is 24.4 Å². The highest BCUT2D eigenvalue weighted by Crippen LogP contribution is 1.91. The van der Waals surface area contributed by atoms with E-state index in [0.717, 1.165) is 5.69 Å². The van der Waals surface area contributed by atoms with E-state index in [1.165, 1.54) is 6.92 Å². The van der Waals surface area contributed by atoms with Crippen molar-refractivity contribution >= 4 is 5.97 Å². The van der Waals surface area contributed by atoms with Gasteiger partial charge in [0.05, 0.1) is 0 Å². The molecule has 0 aliphatic rings. The van der Waals surface area contributed by atoms with Gasteiger partial charge in [-0.1, -0.05) is 0 Å². The molecule has 58 valence electrons. The fourth-order valence-electron chi connectivity index (χ4n) is 0.700. The summed E-state index contributed by atoms with van der Waals surface area (Å²) in [6.45, 7) is 1.71. The van der Waals surface area contributed by atoms with Crippen molar-refractivity contribution in [3.8, 4) is 0 Å². The molecule has 0 spiro atoms. The quantitative estimate of drug-likeness (QED) is 0.581. The van der Waals surface area contributed by atoms with Crippen molar-refractivity contribution in [3.05, 3.63) is 30.1 Å². The minimum Gasteiger partial charge on any atom is -0.455 e. The second kappa shape index (κ2) is 3.71. The average molecular weight is 152 g/mol. The van der Waals surface area contributed by atoms with Crippen LogP contribution in [0.3, 0.4) is 0 Å². The minimum absolute atomic E-state index is 0.262. The summed E-state index contributed by atoms with van der Waals surface area (Å²) in [4.78, 5) is 13.3. The van der Waals surface area contributed by atoms with E-state index in [0.29, 0.717) is 6.61 Å². The zero-order valence-corrected chi connectivity index (χ0v) is 6.33. The summed E-state index contributed by atoms with van der Waals surface area (Å²) < 4.78 is 4.76. The van der Waals surface area contributed by atoms with Gasteiger partial charge in [0, 0.05) is 19.1 Å². The first-order valence-electron chi connectivity index (χ1n) is 3.38. The zero-order chi connectivity index (χ0) is 8.10. The maximum atomic E-state index is 10.4. The third-order valence-corrected chi connectivity index (χ3v) is 1.20. The number of hydrogen-bond donors (Lipinski definition) is 0. The molecule has 1 N–H and O–H groups in total. The maximum Gasteiger partial charge on any atom is 0.303 e. The number of aromatic nitrogens is 1. The number of nitrogens with one attached hydrogen (secondary N) is 1. The average Bonchev–Trinajstić information content (AvgIpc) is 2.03. The topological polar surface area (TPSA) is 40.4 Å². The van der Waals surface area contributed by atoms with Crippen LogP contribution in [0.2, 0.25) is 0 Å². The molecule has 0 atom stereocenters. The predicted octanol–water partition coefficient (Wildman–Crippen LogP) is 0.564. The zero-order valence-electron chi connectivity index (χ0n) is 6.33. The molecule has 0 aliphatic carbocycles. The molecule has 0 saturated carbocycles. The molecule has 0 aromatic carbocycles. The number of ether oxygens (including phenoxy) is 1. The molecule has 0 radical (unpaired) electrons. The first-order valence-corrected chi connectivity index (χ1v) is 3.38. The van der Waals surface area contributed by atoms with E-state index in [1.807, 2.05) is 18.2 Å². The van der Waals surface area contributed by atoms with Crippen molar-refractivity contribution in [2.45, 2.75) is 13.5 Å². The number of carbonyl (C=O) groups excluding carboxylic acids is 1. The Morgan fingerprint density at radius 1 is 1.64 bits per heavy atom. The van der Waals surface area contributed by atoms with Gasteiger partial charge in [0.25, 0.3) is 0 Å². The summed E-state index contributed by atoms with van der Waals surface area (Å²) in [6, 6.07) is 5.62. The molecule has 1 heterocycles. The molecule has 0 unspecified atom stereocenters. The van der Waals surface area contributed by atoms with Gasteiger partial charge in [0.2, 0.25) is 5.69 Å². The predicted molar refractivity (Wildman–Crippen MR) is 38.5 cm³/mol. The highest BCUT2D eigenvalue weighted by atomic mass is 16.5. The third-order valence-electron chi connectivity index (χ3n) is 1.20. The minimum atomic E-state index is -0.262. The van der Waals surface area contributed by atoms with Gasteiger partial charge >= 0.3 is 5.97 Å². The first-order chi connectivity index (χ1) is 5.29. The molecule has 1 rings (SSSR count). The fourth-order valence-corrected chi connectivity index (χ4v) is 0.700. The molecule has 0 saturated heterocycles. The molecule has 3 nitrogen and oxygen atoms in total. The first kappa shape index (κ1) is 7.72. The lowest BCUT2D eigenvalue weighted by Gasteiger charge is -1.94. The molecular formula is C8H10NO2+. The van der Waals surface area contributed by atoms with Crippen LogP contribution in [0.4, 0.5) is 0 Å². The fraction of sp³-hybridized carbons (Fsp3) is 0.250. The number of hydrogen-bond acceptors (Lipinski definition) is 2. The number of rotatable bonds is 2. The summed E-state index contributed by atoms with van der Waals surface area (Å²) in [6.07, 6.45) is 1.79. The van der Waals surface area contributed by atoms with Crippen LogP contribution in [0, 0.1) is 0 Å². The van der Waals surface area contributed by atoms with E-state index in [9.17, 15) is 4.79 Å². The number of pyridine rings is 1. The Bertz CT molecular complexity index is 233. The Morgan fingerprint density at radius 3 is 3.00 bits per heavy atom. The van der Waals surface area contributed by atoms with Gasteiger partial charge in [-0.3, -0.25) is 4.79 Å². The third kappa shape index (κ3) is 2.80. The van der Waals surface area contributed by atoms with Crippen molar-refractivity contribution in [1.82, 2.24) is 0 Å². The molecule has 1 aromatic rings. The van der Waals surface area contributed by atoms with E-state index in [1.54, 1.807) is 6.20 Å². The van der Waals surface area contributed by atoms with E-state index in [4.69, 9.17) is 4.74 Å². The van der Waals surface area contributed by atoms with Crippen LogP contribution in [-0.4, -0.2) is 5.97 Å². The van der Waals surface area contributed by atoms with Gasteiger partial charge < -0.3 is 4.74 Å². The molecule has 0 aliphatic heterocycles.